The third-order valence-corrected chi connectivity index (χ3v) is 5.29. The van der Waals surface area contributed by atoms with Gasteiger partial charge in [-0.05, 0) is 33.1 Å². The van der Waals surface area contributed by atoms with E-state index in [2.05, 4.69) is 15.9 Å². The molecule has 6 nitrogen and oxygen atoms in total. The molecule has 1 fully saturated rings. The second-order valence-electron chi connectivity index (χ2n) is 6.36. The molecule has 0 aliphatic carbocycles. The van der Waals surface area contributed by atoms with Gasteiger partial charge in [-0.2, -0.15) is 0 Å². The van der Waals surface area contributed by atoms with E-state index in [0.29, 0.717) is 5.56 Å². The molecule has 1 amide bonds. The van der Waals surface area contributed by atoms with Crippen molar-refractivity contribution in [3.63, 3.8) is 0 Å². The van der Waals surface area contributed by atoms with Crippen molar-refractivity contribution in [3.8, 4) is 0 Å². The summed E-state index contributed by atoms with van der Waals surface area (Å²) in [6.45, 7) is 0.289. The van der Waals surface area contributed by atoms with Crippen LogP contribution in [-0.2, 0) is 17.8 Å². The summed E-state index contributed by atoms with van der Waals surface area (Å²) in [5, 5.41) is 11.4. The normalized spacial score (nSPS) is 19.1. The van der Waals surface area contributed by atoms with Crippen molar-refractivity contribution in [1.82, 2.24) is 4.90 Å². The average Bonchev–Trinajstić information content (AvgIpc) is 3.08. The molecule has 0 bridgehead atoms. The Morgan fingerprint density at radius 2 is 2.00 bits per heavy atom. The highest BCUT2D eigenvalue weighted by Gasteiger charge is 2.45. The molecule has 0 spiro atoms. The number of carbonyl (C=O) groups is 1. The number of ether oxygens (including phenoxy) is 1. The maximum absolute atomic E-state index is 14.3. The van der Waals surface area contributed by atoms with Crippen LogP contribution < -0.4 is 0 Å². The average molecular weight is 437 g/mol. The van der Waals surface area contributed by atoms with Gasteiger partial charge >= 0.3 is 6.09 Å². The minimum absolute atomic E-state index is 0.0529. The first-order valence-electron chi connectivity index (χ1n) is 8.51. The SMILES string of the molecule is O=C(OCc1ccccc1)N1CCC([N+](=O)[O-])C1Cc1cccc(Br)c1F. The summed E-state index contributed by atoms with van der Waals surface area (Å²) in [6.07, 6.45) is -0.353. The standard InChI is InChI=1S/C19H18BrFN2O4/c20-15-8-4-7-14(18(15)21)11-17-16(23(25)26)9-10-22(17)19(24)27-12-13-5-2-1-3-6-13/h1-8,16-17H,9-12H2. The maximum atomic E-state index is 14.3. The number of hydrogen-bond donors (Lipinski definition) is 0. The lowest BCUT2D eigenvalue weighted by atomic mass is 10.0. The van der Waals surface area contributed by atoms with Gasteiger partial charge in [0, 0.05) is 24.3 Å². The summed E-state index contributed by atoms with van der Waals surface area (Å²) in [5.74, 6) is -0.468. The molecule has 1 heterocycles. The third kappa shape index (κ3) is 4.44. The largest absolute Gasteiger partial charge is 0.445 e. The summed E-state index contributed by atoms with van der Waals surface area (Å²) in [5.41, 5.74) is 1.15. The van der Waals surface area contributed by atoms with Gasteiger partial charge in [-0.3, -0.25) is 15.0 Å². The molecule has 0 aromatic heterocycles. The van der Waals surface area contributed by atoms with Crippen molar-refractivity contribution in [2.24, 2.45) is 0 Å². The smallest absolute Gasteiger partial charge is 0.410 e. The quantitative estimate of drug-likeness (QED) is 0.520. The molecule has 0 N–H and O–H groups in total. The molecule has 2 atom stereocenters. The molecule has 27 heavy (non-hydrogen) atoms. The van der Waals surface area contributed by atoms with Gasteiger partial charge in [0.1, 0.15) is 18.5 Å². The van der Waals surface area contributed by atoms with Crippen molar-refractivity contribution in [2.45, 2.75) is 31.5 Å². The Balaban J connectivity index is 1.75. The van der Waals surface area contributed by atoms with Crippen LogP contribution in [-0.4, -0.2) is 34.5 Å². The van der Waals surface area contributed by atoms with Crippen molar-refractivity contribution in [2.75, 3.05) is 6.54 Å². The van der Waals surface area contributed by atoms with E-state index < -0.39 is 28.9 Å². The predicted octanol–water partition coefficient (Wildman–Crippen LogP) is 4.19. The molecule has 2 unspecified atom stereocenters. The number of nitrogens with zero attached hydrogens (tertiary/aromatic N) is 2. The van der Waals surface area contributed by atoms with Crippen molar-refractivity contribution >= 4 is 22.0 Å². The summed E-state index contributed by atoms with van der Waals surface area (Å²) >= 11 is 3.12. The van der Waals surface area contributed by atoms with Gasteiger partial charge in [0.2, 0.25) is 6.04 Å². The fourth-order valence-electron chi connectivity index (χ4n) is 3.29. The van der Waals surface area contributed by atoms with Gasteiger partial charge in [0.25, 0.3) is 0 Å². The first-order chi connectivity index (χ1) is 13.0. The van der Waals surface area contributed by atoms with Crippen LogP contribution in [0.3, 0.4) is 0 Å². The van der Waals surface area contributed by atoms with Crippen LogP contribution in [0.5, 0.6) is 0 Å². The monoisotopic (exact) mass is 436 g/mol. The fraction of sp³-hybridized carbons (Fsp3) is 0.316. The number of hydrogen-bond acceptors (Lipinski definition) is 4. The van der Waals surface area contributed by atoms with Gasteiger partial charge in [-0.25, -0.2) is 9.18 Å². The molecule has 1 aliphatic rings. The Kier molecular flexibility index (Phi) is 6.05. The lowest BCUT2D eigenvalue weighted by molar-refractivity contribution is -0.524. The van der Waals surface area contributed by atoms with E-state index in [1.54, 1.807) is 18.2 Å². The zero-order chi connectivity index (χ0) is 19.4. The fourth-order valence-corrected chi connectivity index (χ4v) is 3.70. The number of benzene rings is 2. The Morgan fingerprint density at radius 3 is 2.70 bits per heavy atom. The molecule has 0 saturated carbocycles. The Hall–Kier alpha value is -2.48. The van der Waals surface area contributed by atoms with Crippen LogP contribution in [0.15, 0.2) is 53.0 Å². The Morgan fingerprint density at radius 1 is 1.26 bits per heavy atom. The van der Waals surface area contributed by atoms with Crippen LogP contribution in [0.2, 0.25) is 0 Å². The summed E-state index contributed by atoms with van der Waals surface area (Å²) in [4.78, 5) is 24.9. The second kappa shape index (κ2) is 8.47. The Bertz CT molecular complexity index is 834. The molecule has 8 heteroatoms. The zero-order valence-corrected chi connectivity index (χ0v) is 16.0. The van der Waals surface area contributed by atoms with Gasteiger partial charge in [0.15, 0.2) is 0 Å². The molecule has 142 valence electrons. The van der Waals surface area contributed by atoms with Crippen LogP contribution >= 0.6 is 15.9 Å². The number of amides is 1. The van der Waals surface area contributed by atoms with E-state index in [1.165, 1.54) is 4.90 Å². The number of carbonyl (C=O) groups excluding carboxylic acids is 1. The first-order valence-corrected chi connectivity index (χ1v) is 9.30. The number of halogens is 2. The number of likely N-dealkylation sites (tertiary alicyclic amines) is 1. The van der Waals surface area contributed by atoms with Crippen LogP contribution in [0.4, 0.5) is 9.18 Å². The summed E-state index contributed by atoms with van der Waals surface area (Å²) in [6, 6.07) is 12.3. The van der Waals surface area contributed by atoms with Crippen LogP contribution in [0.25, 0.3) is 0 Å². The van der Waals surface area contributed by atoms with Crippen LogP contribution in [0, 0.1) is 15.9 Å². The first kappa shape index (κ1) is 19.3. The highest BCUT2D eigenvalue weighted by molar-refractivity contribution is 9.10. The molecule has 2 aromatic carbocycles. The lowest BCUT2D eigenvalue weighted by Crippen LogP contribution is -2.43. The third-order valence-electron chi connectivity index (χ3n) is 4.68. The summed E-state index contributed by atoms with van der Waals surface area (Å²) < 4.78 is 19.9. The van der Waals surface area contributed by atoms with Crippen molar-refractivity contribution in [1.29, 1.82) is 0 Å². The van der Waals surface area contributed by atoms with E-state index >= 15 is 0 Å². The molecular weight excluding hydrogens is 419 g/mol. The highest BCUT2D eigenvalue weighted by atomic mass is 79.9. The molecule has 1 aliphatic heterocycles. The molecular formula is C19H18BrFN2O4. The Labute approximate surface area is 164 Å². The molecule has 1 saturated heterocycles. The van der Waals surface area contributed by atoms with E-state index in [1.807, 2.05) is 30.3 Å². The number of nitro groups is 1. The lowest BCUT2D eigenvalue weighted by Gasteiger charge is -2.24. The zero-order valence-electron chi connectivity index (χ0n) is 14.4. The summed E-state index contributed by atoms with van der Waals surface area (Å²) in [7, 11) is 0. The van der Waals surface area contributed by atoms with Gasteiger partial charge < -0.3 is 4.74 Å². The number of rotatable bonds is 5. The van der Waals surface area contributed by atoms with E-state index in [9.17, 15) is 19.3 Å². The van der Waals surface area contributed by atoms with Crippen molar-refractivity contribution < 1.29 is 18.8 Å². The molecule has 2 aromatic rings. The minimum Gasteiger partial charge on any atom is -0.445 e. The van der Waals surface area contributed by atoms with Crippen LogP contribution in [0.1, 0.15) is 17.5 Å². The van der Waals surface area contributed by atoms with Gasteiger partial charge in [0.05, 0.1) is 4.47 Å². The predicted molar refractivity (Wildman–Crippen MR) is 100 cm³/mol. The van der Waals surface area contributed by atoms with E-state index in [0.717, 1.165) is 5.56 Å². The maximum Gasteiger partial charge on any atom is 0.410 e. The molecule has 3 rings (SSSR count). The van der Waals surface area contributed by atoms with E-state index in [-0.39, 0.29) is 30.5 Å². The topological polar surface area (TPSA) is 72.7 Å². The van der Waals surface area contributed by atoms with Crippen molar-refractivity contribution in [3.05, 3.63) is 80.1 Å². The molecule has 0 radical (unpaired) electrons. The minimum atomic E-state index is -0.951. The second-order valence-corrected chi connectivity index (χ2v) is 7.21. The van der Waals surface area contributed by atoms with Gasteiger partial charge in [-0.1, -0.05) is 42.5 Å². The van der Waals surface area contributed by atoms with E-state index in [4.69, 9.17) is 4.74 Å². The highest BCUT2D eigenvalue weighted by Crippen LogP contribution is 2.28. The van der Waals surface area contributed by atoms with Gasteiger partial charge in [-0.15, -0.1) is 0 Å².